The Balaban J connectivity index is 1.66. The molecule has 154 valence electrons. The maximum absolute atomic E-state index is 12.0. The number of carbonyl (C=O) groups excluding carboxylic acids is 2. The molecule has 1 aromatic carbocycles. The van der Waals surface area contributed by atoms with E-state index in [1.54, 1.807) is 0 Å². The zero-order chi connectivity index (χ0) is 20.4. The highest BCUT2D eigenvalue weighted by Crippen LogP contribution is 2.19. The Bertz CT molecular complexity index is 684. The molecule has 0 aliphatic heterocycles. The Hall–Kier alpha value is -2.35. The molecule has 1 aromatic rings. The predicted molar refractivity (Wildman–Crippen MR) is 96.6 cm³/mol. The van der Waals surface area contributed by atoms with Gasteiger partial charge >= 0.3 is 12.1 Å². The van der Waals surface area contributed by atoms with Crippen molar-refractivity contribution in [2.24, 2.45) is 0 Å². The van der Waals surface area contributed by atoms with Crippen LogP contribution in [0.1, 0.15) is 48.0 Å². The molecule has 1 aliphatic rings. The smallest absolute Gasteiger partial charge is 0.411 e. The normalized spacial score (nSPS) is 14.3. The minimum Gasteiger partial charge on any atom is -0.452 e. The van der Waals surface area contributed by atoms with E-state index in [1.807, 2.05) is 0 Å². The molecule has 0 saturated heterocycles. The second kappa shape index (κ2) is 10.8. The number of amides is 1. The molecule has 0 unspecified atom stereocenters. The number of rotatable bonds is 9. The number of alkyl halides is 3. The van der Waals surface area contributed by atoms with Crippen LogP contribution in [-0.2, 0) is 20.9 Å². The quantitative estimate of drug-likeness (QED) is 0.505. The molecule has 1 N–H and O–H groups in total. The van der Waals surface area contributed by atoms with Crippen molar-refractivity contribution in [1.29, 1.82) is 0 Å². The van der Waals surface area contributed by atoms with Gasteiger partial charge in [-0.1, -0.05) is 23.8 Å². The molecule has 0 bridgehead atoms. The second-order valence-electron chi connectivity index (χ2n) is 6.59. The van der Waals surface area contributed by atoms with Crippen LogP contribution >= 0.6 is 0 Å². The van der Waals surface area contributed by atoms with Crippen molar-refractivity contribution in [3.63, 3.8) is 0 Å². The van der Waals surface area contributed by atoms with Crippen molar-refractivity contribution < 1.29 is 32.2 Å². The van der Waals surface area contributed by atoms with Crippen molar-refractivity contribution >= 4 is 11.9 Å². The number of halogens is 3. The highest BCUT2D eigenvalue weighted by molar-refractivity contribution is 5.91. The van der Waals surface area contributed by atoms with Crippen LogP contribution in [0.25, 0.3) is 0 Å². The van der Waals surface area contributed by atoms with Gasteiger partial charge in [0.25, 0.3) is 5.91 Å². The van der Waals surface area contributed by atoms with Crippen molar-refractivity contribution in [3.05, 3.63) is 47.0 Å². The Morgan fingerprint density at radius 1 is 1.11 bits per heavy atom. The number of benzene rings is 1. The van der Waals surface area contributed by atoms with Gasteiger partial charge in [-0.3, -0.25) is 4.79 Å². The van der Waals surface area contributed by atoms with E-state index in [0.717, 1.165) is 19.3 Å². The first-order valence-corrected chi connectivity index (χ1v) is 9.18. The van der Waals surface area contributed by atoms with Gasteiger partial charge in [-0.05, 0) is 49.8 Å². The second-order valence-corrected chi connectivity index (χ2v) is 6.59. The third kappa shape index (κ3) is 8.56. The van der Waals surface area contributed by atoms with Crippen LogP contribution in [-0.4, -0.2) is 37.8 Å². The summed E-state index contributed by atoms with van der Waals surface area (Å²) >= 11 is 0. The van der Waals surface area contributed by atoms with Gasteiger partial charge in [-0.15, -0.1) is 0 Å². The average molecular weight is 399 g/mol. The van der Waals surface area contributed by atoms with E-state index >= 15 is 0 Å². The summed E-state index contributed by atoms with van der Waals surface area (Å²) < 4.78 is 45.6. The Morgan fingerprint density at radius 3 is 2.50 bits per heavy atom. The maximum Gasteiger partial charge on any atom is 0.411 e. The summed E-state index contributed by atoms with van der Waals surface area (Å²) in [4.78, 5) is 23.7. The molecule has 0 radical (unpaired) electrons. The number of hydrogen-bond donors (Lipinski definition) is 1. The molecule has 28 heavy (non-hydrogen) atoms. The van der Waals surface area contributed by atoms with Gasteiger partial charge in [-0.2, -0.15) is 13.2 Å². The first kappa shape index (κ1) is 21.9. The molecule has 1 aliphatic carbocycles. The fourth-order valence-corrected chi connectivity index (χ4v) is 2.78. The highest BCUT2D eigenvalue weighted by atomic mass is 19.4. The minimum atomic E-state index is -4.38. The van der Waals surface area contributed by atoms with Crippen LogP contribution in [0.3, 0.4) is 0 Å². The molecular formula is C20H24F3NO4. The van der Waals surface area contributed by atoms with Gasteiger partial charge in [-0.25, -0.2) is 4.79 Å². The van der Waals surface area contributed by atoms with Crippen LogP contribution in [0.15, 0.2) is 35.9 Å². The average Bonchev–Trinajstić information content (AvgIpc) is 2.66. The van der Waals surface area contributed by atoms with Gasteiger partial charge in [0.1, 0.15) is 6.61 Å². The summed E-state index contributed by atoms with van der Waals surface area (Å²) in [6.45, 7) is -1.42. The topological polar surface area (TPSA) is 64.6 Å². The van der Waals surface area contributed by atoms with Crippen LogP contribution in [0.2, 0.25) is 0 Å². The van der Waals surface area contributed by atoms with Gasteiger partial charge in [0, 0.05) is 6.54 Å². The number of ether oxygens (including phenoxy) is 2. The third-order valence-electron chi connectivity index (χ3n) is 4.21. The zero-order valence-corrected chi connectivity index (χ0v) is 15.5. The van der Waals surface area contributed by atoms with Crippen molar-refractivity contribution in [2.45, 2.75) is 44.9 Å². The molecule has 0 fully saturated rings. The predicted octanol–water partition coefficient (Wildman–Crippen LogP) is 3.93. The first-order valence-electron chi connectivity index (χ1n) is 9.18. The van der Waals surface area contributed by atoms with E-state index in [9.17, 15) is 22.8 Å². The fourth-order valence-electron chi connectivity index (χ4n) is 2.78. The number of hydrogen-bond acceptors (Lipinski definition) is 4. The lowest BCUT2D eigenvalue weighted by atomic mass is 9.97. The Labute approximate surface area is 161 Å². The summed E-state index contributed by atoms with van der Waals surface area (Å²) in [5.41, 5.74) is 2.05. The standard InChI is InChI=1S/C20H24F3NO4/c21-20(22,23)14-27-12-16-6-8-17(9-7-16)19(26)28-13-18(25)24-11-10-15-4-2-1-3-5-15/h4,6-9H,1-3,5,10-14H2,(H,24,25). The lowest BCUT2D eigenvalue weighted by molar-refractivity contribution is -0.176. The number of allylic oxidation sites excluding steroid dienone is 1. The molecule has 5 nitrogen and oxygen atoms in total. The van der Waals surface area contributed by atoms with Crippen molar-refractivity contribution in [3.8, 4) is 0 Å². The first-order chi connectivity index (χ1) is 13.3. The van der Waals surface area contributed by atoms with E-state index in [-0.39, 0.29) is 24.7 Å². The van der Waals surface area contributed by atoms with Gasteiger partial charge in [0.05, 0.1) is 12.2 Å². The molecular weight excluding hydrogens is 375 g/mol. The van der Waals surface area contributed by atoms with Crippen LogP contribution in [0, 0.1) is 0 Å². The Morgan fingerprint density at radius 2 is 1.86 bits per heavy atom. The van der Waals surface area contributed by atoms with E-state index < -0.39 is 18.8 Å². The van der Waals surface area contributed by atoms with Crippen molar-refractivity contribution in [2.75, 3.05) is 19.8 Å². The molecule has 0 atom stereocenters. The number of esters is 1. The Kier molecular flexibility index (Phi) is 8.50. The van der Waals surface area contributed by atoms with Gasteiger partial charge in [0.15, 0.2) is 6.61 Å². The SMILES string of the molecule is O=C(COC(=O)c1ccc(COCC(F)(F)F)cc1)NCCC1=CCCCC1. The monoisotopic (exact) mass is 399 g/mol. The number of nitrogens with one attached hydrogen (secondary N) is 1. The van der Waals surface area contributed by atoms with E-state index in [2.05, 4.69) is 16.1 Å². The van der Waals surface area contributed by atoms with Gasteiger partial charge < -0.3 is 14.8 Å². The highest BCUT2D eigenvalue weighted by Gasteiger charge is 2.27. The summed E-state index contributed by atoms with van der Waals surface area (Å²) in [5.74, 6) is -1.05. The molecule has 0 aromatic heterocycles. The summed E-state index contributed by atoms with van der Waals surface area (Å²) in [6, 6.07) is 5.79. The van der Waals surface area contributed by atoms with Crippen molar-refractivity contribution in [1.82, 2.24) is 5.32 Å². The third-order valence-corrected chi connectivity index (χ3v) is 4.21. The van der Waals surface area contributed by atoms with Crippen LogP contribution in [0.5, 0.6) is 0 Å². The van der Waals surface area contributed by atoms with Gasteiger partial charge in [0.2, 0.25) is 0 Å². The lowest BCUT2D eigenvalue weighted by Crippen LogP contribution is -2.29. The molecule has 0 heterocycles. The lowest BCUT2D eigenvalue weighted by Gasteiger charge is -2.13. The summed E-state index contributed by atoms with van der Waals surface area (Å²) in [5, 5.41) is 2.72. The van der Waals surface area contributed by atoms with Crippen LogP contribution in [0.4, 0.5) is 13.2 Å². The molecule has 0 spiro atoms. The minimum absolute atomic E-state index is 0.208. The zero-order valence-electron chi connectivity index (χ0n) is 15.5. The molecule has 8 heteroatoms. The molecule has 2 rings (SSSR count). The summed E-state index contributed by atoms with van der Waals surface area (Å²) in [7, 11) is 0. The van der Waals surface area contributed by atoms with E-state index in [0.29, 0.717) is 12.1 Å². The number of carbonyl (C=O) groups is 2. The largest absolute Gasteiger partial charge is 0.452 e. The van der Waals surface area contributed by atoms with E-state index in [1.165, 1.54) is 42.7 Å². The summed E-state index contributed by atoms with van der Waals surface area (Å²) in [6.07, 6.45) is 3.21. The van der Waals surface area contributed by atoms with E-state index in [4.69, 9.17) is 4.74 Å². The maximum atomic E-state index is 12.0. The van der Waals surface area contributed by atoms with Crippen LogP contribution < -0.4 is 5.32 Å². The fraction of sp³-hybridized carbons (Fsp3) is 0.500. The molecule has 1 amide bonds. The molecule has 0 saturated carbocycles.